The van der Waals surface area contributed by atoms with Crippen LogP contribution in [-0.4, -0.2) is 40.7 Å². The van der Waals surface area contributed by atoms with Crippen LogP contribution in [0.2, 0.25) is 0 Å². The summed E-state index contributed by atoms with van der Waals surface area (Å²) in [7, 11) is 0. The minimum absolute atomic E-state index is 0.234. The van der Waals surface area contributed by atoms with Crippen LogP contribution >= 0.6 is 0 Å². The zero-order valence-corrected chi connectivity index (χ0v) is 11.5. The Bertz CT molecular complexity index is 447. The van der Waals surface area contributed by atoms with E-state index in [0.29, 0.717) is 18.9 Å². The molecule has 1 aromatic rings. The van der Waals surface area contributed by atoms with Crippen LogP contribution in [0.15, 0.2) is 18.3 Å². The average Bonchev–Trinajstić information content (AvgIpc) is 2.22. The van der Waals surface area contributed by atoms with Crippen molar-refractivity contribution in [3.8, 4) is 0 Å². The van der Waals surface area contributed by atoms with E-state index in [1.165, 1.54) is 0 Å². The summed E-state index contributed by atoms with van der Waals surface area (Å²) in [6.45, 7) is 6.86. The van der Waals surface area contributed by atoms with Gasteiger partial charge in [0, 0.05) is 13.1 Å². The molecule has 104 valence electrons. The lowest BCUT2D eigenvalue weighted by atomic mass is 10.1. The molecule has 0 aromatic carbocycles. The number of carbonyl (C=O) groups excluding carboxylic acids is 1. The molecule has 0 aliphatic carbocycles. The number of nitrogen functional groups attached to an aromatic ring is 1. The topological polar surface area (TPSA) is 80.5 Å². The van der Waals surface area contributed by atoms with Gasteiger partial charge in [0.05, 0.1) is 17.9 Å². The molecule has 1 amide bonds. The minimum atomic E-state index is -0.448. The van der Waals surface area contributed by atoms with Crippen LogP contribution in [0.4, 0.5) is 16.3 Å². The van der Waals surface area contributed by atoms with Crippen molar-refractivity contribution in [3.63, 3.8) is 0 Å². The van der Waals surface area contributed by atoms with Crippen LogP contribution in [0.1, 0.15) is 20.8 Å². The van der Waals surface area contributed by atoms with Gasteiger partial charge in [-0.1, -0.05) is 0 Å². The number of carbonyl (C=O) groups is 1. The molecule has 0 bridgehead atoms. The second-order valence-corrected chi connectivity index (χ2v) is 5.70. The largest absolute Gasteiger partial charge is 0.444 e. The number of nitrogens with two attached hydrogens (primary N) is 1. The molecule has 0 spiro atoms. The van der Waals surface area contributed by atoms with Crippen molar-refractivity contribution in [3.05, 3.63) is 18.3 Å². The smallest absolute Gasteiger partial charge is 0.410 e. The van der Waals surface area contributed by atoms with Crippen molar-refractivity contribution in [1.29, 1.82) is 0 Å². The summed E-state index contributed by atoms with van der Waals surface area (Å²) in [6, 6.07) is 3.85. The van der Waals surface area contributed by atoms with Gasteiger partial charge in [-0.05, 0) is 32.9 Å². The number of anilines is 2. The monoisotopic (exact) mass is 264 g/mol. The van der Waals surface area contributed by atoms with E-state index < -0.39 is 5.60 Å². The maximum absolute atomic E-state index is 11.7. The zero-order valence-electron chi connectivity index (χ0n) is 11.5. The molecule has 0 atom stereocenters. The molecular formula is C13H20N4O2. The fraction of sp³-hybridized carbons (Fsp3) is 0.538. The number of hydrogen-bond acceptors (Lipinski definition) is 5. The summed E-state index contributed by atoms with van der Waals surface area (Å²) >= 11 is 0. The molecule has 2 heterocycles. The molecule has 1 aromatic heterocycles. The number of pyridine rings is 1. The van der Waals surface area contributed by atoms with Crippen LogP contribution in [0, 0.1) is 0 Å². The number of aromatic nitrogens is 1. The lowest BCUT2D eigenvalue weighted by molar-refractivity contribution is 0.0105. The summed E-state index contributed by atoms with van der Waals surface area (Å²) in [5, 5.41) is 3.29. The highest BCUT2D eigenvalue weighted by Gasteiger charge is 2.33. The van der Waals surface area contributed by atoms with Crippen molar-refractivity contribution >= 4 is 17.6 Å². The quantitative estimate of drug-likeness (QED) is 0.849. The summed E-state index contributed by atoms with van der Waals surface area (Å²) in [6.07, 6.45) is 1.42. The Morgan fingerprint density at radius 2 is 2.16 bits per heavy atom. The normalized spacial score (nSPS) is 15.8. The highest BCUT2D eigenvalue weighted by molar-refractivity contribution is 5.69. The molecule has 0 unspecified atom stereocenters. The van der Waals surface area contributed by atoms with Crippen LogP contribution in [0.25, 0.3) is 0 Å². The second kappa shape index (κ2) is 4.95. The number of hydrogen-bond donors (Lipinski definition) is 2. The third-order valence-electron chi connectivity index (χ3n) is 2.69. The van der Waals surface area contributed by atoms with Crippen molar-refractivity contribution in [2.45, 2.75) is 32.4 Å². The first kappa shape index (κ1) is 13.5. The molecule has 2 rings (SSSR count). The predicted molar refractivity (Wildman–Crippen MR) is 73.9 cm³/mol. The standard InChI is InChI=1S/C13H20N4O2/c1-13(2,3)19-12(18)17-7-10(8-17)16-9-4-5-11(14)15-6-9/h4-6,10,16H,7-8H2,1-3H3,(H2,14,15). The molecule has 1 saturated heterocycles. The first-order valence-electron chi connectivity index (χ1n) is 6.29. The van der Waals surface area contributed by atoms with E-state index in [-0.39, 0.29) is 12.1 Å². The summed E-state index contributed by atoms with van der Waals surface area (Å²) in [4.78, 5) is 17.4. The van der Waals surface area contributed by atoms with Crippen molar-refractivity contribution < 1.29 is 9.53 Å². The van der Waals surface area contributed by atoms with E-state index in [2.05, 4.69) is 10.3 Å². The first-order chi connectivity index (χ1) is 8.83. The Labute approximate surface area is 112 Å². The minimum Gasteiger partial charge on any atom is -0.444 e. The van der Waals surface area contributed by atoms with Gasteiger partial charge in [0.15, 0.2) is 0 Å². The summed E-state index contributed by atoms with van der Waals surface area (Å²) < 4.78 is 5.29. The van der Waals surface area contributed by atoms with Gasteiger partial charge in [-0.2, -0.15) is 0 Å². The summed E-state index contributed by atoms with van der Waals surface area (Å²) in [5.74, 6) is 0.495. The molecule has 1 fully saturated rings. The maximum atomic E-state index is 11.7. The van der Waals surface area contributed by atoms with E-state index in [1.54, 1.807) is 17.2 Å². The molecule has 19 heavy (non-hydrogen) atoms. The lowest BCUT2D eigenvalue weighted by Crippen LogP contribution is -2.57. The van der Waals surface area contributed by atoms with Gasteiger partial charge >= 0.3 is 6.09 Å². The van der Waals surface area contributed by atoms with Crippen LogP contribution in [0.5, 0.6) is 0 Å². The van der Waals surface area contributed by atoms with E-state index in [4.69, 9.17) is 10.5 Å². The third kappa shape index (κ3) is 3.74. The molecule has 3 N–H and O–H groups in total. The van der Waals surface area contributed by atoms with Crippen molar-refractivity contribution in [2.75, 3.05) is 24.1 Å². The van der Waals surface area contributed by atoms with E-state index in [1.807, 2.05) is 26.8 Å². The molecule has 1 aliphatic heterocycles. The molecule has 6 nitrogen and oxygen atoms in total. The fourth-order valence-electron chi connectivity index (χ4n) is 1.77. The highest BCUT2D eigenvalue weighted by atomic mass is 16.6. The Kier molecular flexibility index (Phi) is 3.50. The van der Waals surface area contributed by atoms with Gasteiger partial charge in [-0.3, -0.25) is 0 Å². The lowest BCUT2D eigenvalue weighted by Gasteiger charge is -2.40. The Balaban J connectivity index is 1.77. The fourth-order valence-corrected chi connectivity index (χ4v) is 1.77. The van der Waals surface area contributed by atoms with Gasteiger partial charge in [-0.15, -0.1) is 0 Å². The number of nitrogens with zero attached hydrogens (tertiary/aromatic N) is 2. The van der Waals surface area contributed by atoms with Crippen LogP contribution < -0.4 is 11.1 Å². The molecular weight excluding hydrogens is 244 g/mol. The van der Waals surface area contributed by atoms with E-state index >= 15 is 0 Å². The highest BCUT2D eigenvalue weighted by Crippen LogP contribution is 2.18. The summed E-state index contributed by atoms with van der Waals surface area (Å²) in [5.41, 5.74) is 5.97. The number of rotatable bonds is 2. The SMILES string of the molecule is CC(C)(C)OC(=O)N1CC(Nc2ccc(N)nc2)C1. The Morgan fingerprint density at radius 1 is 1.47 bits per heavy atom. The van der Waals surface area contributed by atoms with Crippen molar-refractivity contribution in [2.24, 2.45) is 0 Å². The van der Waals surface area contributed by atoms with Crippen LogP contribution in [-0.2, 0) is 4.74 Å². The molecule has 6 heteroatoms. The van der Waals surface area contributed by atoms with Gasteiger partial charge in [0.1, 0.15) is 11.4 Å². The molecule has 0 radical (unpaired) electrons. The number of likely N-dealkylation sites (tertiary alicyclic amines) is 1. The zero-order chi connectivity index (χ0) is 14.0. The Morgan fingerprint density at radius 3 is 2.68 bits per heavy atom. The van der Waals surface area contributed by atoms with Crippen LogP contribution in [0.3, 0.4) is 0 Å². The molecule has 0 saturated carbocycles. The van der Waals surface area contributed by atoms with Gasteiger partial charge < -0.3 is 20.7 Å². The van der Waals surface area contributed by atoms with Gasteiger partial charge in [0.25, 0.3) is 0 Å². The average molecular weight is 264 g/mol. The van der Waals surface area contributed by atoms with E-state index in [0.717, 1.165) is 5.69 Å². The van der Waals surface area contributed by atoms with E-state index in [9.17, 15) is 4.79 Å². The molecule has 1 aliphatic rings. The first-order valence-corrected chi connectivity index (χ1v) is 6.29. The third-order valence-corrected chi connectivity index (χ3v) is 2.69. The number of nitrogens with one attached hydrogen (secondary N) is 1. The van der Waals surface area contributed by atoms with Crippen molar-refractivity contribution in [1.82, 2.24) is 9.88 Å². The predicted octanol–water partition coefficient (Wildman–Crippen LogP) is 1.70. The maximum Gasteiger partial charge on any atom is 0.410 e. The van der Waals surface area contributed by atoms with Gasteiger partial charge in [-0.25, -0.2) is 9.78 Å². The Hall–Kier alpha value is -1.98. The number of amides is 1. The second-order valence-electron chi connectivity index (χ2n) is 5.70. The number of ether oxygens (including phenoxy) is 1. The van der Waals surface area contributed by atoms with Gasteiger partial charge in [0.2, 0.25) is 0 Å².